The Balaban J connectivity index is 2.78. The van der Waals surface area contributed by atoms with E-state index < -0.39 is 0 Å². The zero-order chi connectivity index (χ0) is 10.6. The summed E-state index contributed by atoms with van der Waals surface area (Å²) in [6.07, 6.45) is 1.95. The average molecular weight is 194 g/mol. The molecule has 3 nitrogen and oxygen atoms in total. The summed E-state index contributed by atoms with van der Waals surface area (Å²) in [5.41, 5.74) is 1.19. The molecule has 78 valence electrons. The lowest BCUT2D eigenvalue weighted by atomic mass is 10.1. The number of pyridine rings is 1. The summed E-state index contributed by atoms with van der Waals surface area (Å²) in [6.45, 7) is 6.10. The normalized spacial score (nSPS) is 12.9. The van der Waals surface area contributed by atoms with Gasteiger partial charge in [-0.05, 0) is 39.4 Å². The Morgan fingerprint density at radius 3 is 2.64 bits per heavy atom. The molecule has 1 unspecified atom stereocenters. The molecule has 1 rings (SSSR count). The Morgan fingerprint density at radius 2 is 2.07 bits per heavy atom. The molecule has 0 fully saturated rings. The van der Waals surface area contributed by atoms with Crippen LogP contribution in [-0.4, -0.2) is 18.1 Å². The van der Waals surface area contributed by atoms with Crippen LogP contribution in [0.2, 0.25) is 0 Å². The van der Waals surface area contributed by atoms with E-state index >= 15 is 0 Å². The molecule has 1 aromatic rings. The van der Waals surface area contributed by atoms with Crippen LogP contribution in [0.25, 0.3) is 0 Å². The van der Waals surface area contributed by atoms with Crippen LogP contribution in [0.5, 0.6) is 5.88 Å². The summed E-state index contributed by atoms with van der Waals surface area (Å²) in [4.78, 5) is 4.15. The summed E-state index contributed by atoms with van der Waals surface area (Å²) in [5.74, 6) is 0.694. The highest BCUT2D eigenvalue weighted by Gasteiger charge is 2.05. The second-order valence-electron chi connectivity index (χ2n) is 3.60. The molecule has 0 spiro atoms. The highest BCUT2D eigenvalue weighted by molar-refractivity contribution is 5.23. The SMILES string of the molecule is CNC(C)c1ccnc(OC(C)C)c1. The van der Waals surface area contributed by atoms with Crippen molar-refractivity contribution in [2.24, 2.45) is 0 Å². The zero-order valence-electron chi connectivity index (χ0n) is 9.24. The molecule has 14 heavy (non-hydrogen) atoms. The lowest BCUT2D eigenvalue weighted by molar-refractivity contribution is 0.232. The zero-order valence-corrected chi connectivity index (χ0v) is 9.24. The van der Waals surface area contributed by atoms with Crippen molar-refractivity contribution in [1.29, 1.82) is 0 Å². The monoisotopic (exact) mass is 194 g/mol. The van der Waals surface area contributed by atoms with E-state index in [0.29, 0.717) is 11.9 Å². The predicted octanol–water partition coefficient (Wildman–Crippen LogP) is 2.15. The van der Waals surface area contributed by atoms with E-state index in [1.165, 1.54) is 5.56 Å². The third-order valence-corrected chi connectivity index (χ3v) is 2.05. The van der Waals surface area contributed by atoms with Crippen LogP contribution < -0.4 is 10.1 Å². The van der Waals surface area contributed by atoms with Gasteiger partial charge in [0, 0.05) is 18.3 Å². The minimum atomic E-state index is 0.169. The molecule has 0 aliphatic carbocycles. The van der Waals surface area contributed by atoms with E-state index in [1.54, 1.807) is 6.20 Å². The third-order valence-electron chi connectivity index (χ3n) is 2.05. The molecule has 3 heteroatoms. The Labute approximate surface area is 85.5 Å². The van der Waals surface area contributed by atoms with E-state index in [4.69, 9.17) is 4.74 Å². The van der Waals surface area contributed by atoms with Gasteiger partial charge in [-0.1, -0.05) is 0 Å². The molecule has 0 radical (unpaired) electrons. The molecular weight excluding hydrogens is 176 g/mol. The maximum absolute atomic E-state index is 5.51. The van der Waals surface area contributed by atoms with Gasteiger partial charge in [-0.15, -0.1) is 0 Å². The molecular formula is C11H18N2O. The number of hydrogen-bond donors (Lipinski definition) is 1. The first kappa shape index (κ1) is 11.0. The Bertz CT molecular complexity index is 286. The smallest absolute Gasteiger partial charge is 0.213 e. The van der Waals surface area contributed by atoms with Crippen LogP contribution >= 0.6 is 0 Å². The lowest BCUT2D eigenvalue weighted by Crippen LogP contribution is -2.13. The summed E-state index contributed by atoms with van der Waals surface area (Å²) >= 11 is 0. The van der Waals surface area contributed by atoms with Gasteiger partial charge in [0.1, 0.15) is 0 Å². The Kier molecular flexibility index (Phi) is 3.89. The summed E-state index contributed by atoms with van der Waals surface area (Å²) < 4.78 is 5.51. The summed E-state index contributed by atoms with van der Waals surface area (Å²) in [6, 6.07) is 4.29. The van der Waals surface area contributed by atoms with Crippen molar-refractivity contribution in [1.82, 2.24) is 10.3 Å². The summed E-state index contributed by atoms with van der Waals surface area (Å²) in [7, 11) is 1.94. The van der Waals surface area contributed by atoms with E-state index in [9.17, 15) is 0 Å². The van der Waals surface area contributed by atoms with Gasteiger partial charge in [0.25, 0.3) is 0 Å². The minimum absolute atomic E-state index is 0.169. The fourth-order valence-electron chi connectivity index (χ4n) is 1.17. The van der Waals surface area contributed by atoms with Gasteiger partial charge in [0.05, 0.1) is 6.10 Å². The molecule has 0 saturated carbocycles. The predicted molar refractivity (Wildman–Crippen MR) is 57.5 cm³/mol. The van der Waals surface area contributed by atoms with Crippen LogP contribution in [0, 0.1) is 0 Å². The fourth-order valence-corrected chi connectivity index (χ4v) is 1.17. The van der Waals surface area contributed by atoms with Crippen LogP contribution in [0.4, 0.5) is 0 Å². The first-order chi connectivity index (χ1) is 6.63. The number of hydrogen-bond acceptors (Lipinski definition) is 3. The molecule has 1 atom stereocenters. The minimum Gasteiger partial charge on any atom is -0.475 e. The van der Waals surface area contributed by atoms with Crippen molar-refractivity contribution in [3.05, 3.63) is 23.9 Å². The first-order valence-corrected chi connectivity index (χ1v) is 4.93. The fraction of sp³-hybridized carbons (Fsp3) is 0.545. The average Bonchev–Trinajstić information content (AvgIpc) is 2.16. The van der Waals surface area contributed by atoms with Crippen molar-refractivity contribution < 1.29 is 4.74 Å². The Morgan fingerprint density at radius 1 is 1.36 bits per heavy atom. The van der Waals surface area contributed by atoms with E-state index in [2.05, 4.69) is 17.2 Å². The number of rotatable bonds is 4. The molecule has 0 amide bonds. The quantitative estimate of drug-likeness (QED) is 0.797. The molecule has 1 aromatic heterocycles. The molecule has 0 aliphatic rings. The van der Waals surface area contributed by atoms with E-state index in [0.717, 1.165) is 0 Å². The number of nitrogens with zero attached hydrogens (tertiary/aromatic N) is 1. The maximum Gasteiger partial charge on any atom is 0.213 e. The van der Waals surface area contributed by atoms with Crippen LogP contribution in [-0.2, 0) is 0 Å². The largest absolute Gasteiger partial charge is 0.475 e. The molecule has 0 aliphatic heterocycles. The molecule has 0 bridgehead atoms. The van der Waals surface area contributed by atoms with Crippen LogP contribution in [0.1, 0.15) is 32.4 Å². The van der Waals surface area contributed by atoms with Crippen molar-refractivity contribution >= 4 is 0 Å². The van der Waals surface area contributed by atoms with Gasteiger partial charge in [-0.2, -0.15) is 0 Å². The lowest BCUT2D eigenvalue weighted by Gasteiger charge is -2.13. The van der Waals surface area contributed by atoms with Gasteiger partial charge >= 0.3 is 0 Å². The van der Waals surface area contributed by atoms with Crippen LogP contribution in [0.3, 0.4) is 0 Å². The molecule has 0 saturated heterocycles. The number of nitrogens with one attached hydrogen (secondary N) is 1. The number of aromatic nitrogens is 1. The first-order valence-electron chi connectivity index (χ1n) is 4.93. The highest BCUT2D eigenvalue weighted by Crippen LogP contribution is 2.16. The van der Waals surface area contributed by atoms with Gasteiger partial charge in [0.15, 0.2) is 0 Å². The maximum atomic E-state index is 5.51. The van der Waals surface area contributed by atoms with Crippen molar-refractivity contribution in [3.63, 3.8) is 0 Å². The highest BCUT2D eigenvalue weighted by atomic mass is 16.5. The topological polar surface area (TPSA) is 34.2 Å². The second-order valence-corrected chi connectivity index (χ2v) is 3.60. The van der Waals surface area contributed by atoms with Gasteiger partial charge in [0.2, 0.25) is 5.88 Å². The number of ether oxygens (including phenoxy) is 1. The van der Waals surface area contributed by atoms with Crippen LogP contribution in [0.15, 0.2) is 18.3 Å². The Hall–Kier alpha value is -1.09. The van der Waals surface area contributed by atoms with Crippen molar-refractivity contribution in [3.8, 4) is 5.88 Å². The van der Waals surface area contributed by atoms with Gasteiger partial charge in [-0.3, -0.25) is 0 Å². The molecule has 1 N–H and O–H groups in total. The third kappa shape index (κ3) is 3.00. The molecule has 0 aromatic carbocycles. The van der Waals surface area contributed by atoms with Crippen molar-refractivity contribution in [2.75, 3.05) is 7.05 Å². The van der Waals surface area contributed by atoms with Crippen molar-refractivity contribution in [2.45, 2.75) is 32.9 Å². The van der Waals surface area contributed by atoms with Gasteiger partial charge < -0.3 is 10.1 Å². The second kappa shape index (κ2) is 4.96. The summed E-state index contributed by atoms with van der Waals surface area (Å²) in [5, 5.41) is 3.18. The molecule has 1 heterocycles. The van der Waals surface area contributed by atoms with Gasteiger partial charge in [-0.25, -0.2) is 4.98 Å². The van der Waals surface area contributed by atoms with E-state index in [1.807, 2.05) is 33.0 Å². The standard InChI is InChI=1S/C11H18N2O/c1-8(2)14-11-7-10(5-6-13-11)9(3)12-4/h5-9,12H,1-4H3. The van der Waals surface area contributed by atoms with E-state index in [-0.39, 0.29) is 6.10 Å².